The zero-order chi connectivity index (χ0) is 22.7. The van der Waals surface area contributed by atoms with E-state index in [0.29, 0.717) is 18.8 Å². The first-order chi connectivity index (χ1) is 15.5. The molecule has 2 saturated heterocycles. The van der Waals surface area contributed by atoms with Crippen LogP contribution in [0.4, 0.5) is 4.39 Å². The van der Waals surface area contributed by atoms with Crippen molar-refractivity contribution < 1.29 is 4.39 Å². The van der Waals surface area contributed by atoms with E-state index in [2.05, 4.69) is 46.8 Å². The molecule has 170 valence electrons. The van der Waals surface area contributed by atoms with Crippen molar-refractivity contribution in [2.24, 2.45) is 11.7 Å². The predicted octanol–water partition coefficient (Wildman–Crippen LogP) is 4.05. The Hall–Kier alpha value is -2.43. The SMILES string of the molecule is C=C=CC1=C(C=C)C(Cc2ccc(F)cc2)C(CN)=CN1CC1N(C)CCC2CCCN21. The average molecular weight is 435 g/mol. The molecule has 4 rings (SSSR count). The van der Waals surface area contributed by atoms with Gasteiger partial charge in [0, 0.05) is 43.9 Å². The second kappa shape index (κ2) is 10.0. The molecule has 3 heterocycles. The van der Waals surface area contributed by atoms with Crippen molar-refractivity contribution in [1.29, 1.82) is 0 Å². The maximum absolute atomic E-state index is 13.4. The van der Waals surface area contributed by atoms with Crippen molar-refractivity contribution in [3.63, 3.8) is 0 Å². The molecule has 0 spiro atoms. The number of rotatable bonds is 7. The Bertz CT molecular complexity index is 941. The van der Waals surface area contributed by atoms with Gasteiger partial charge in [-0.1, -0.05) is 31.4 Å². The van der Waals surface area contributed by atoms with Gasteiger partial charge in [0.1, 0.15) is 5.82 Å². The zero-order valence-corrected chi connectivity index (χ0v) is 19.1. The molecule has 1 aromatic carbocycles. The highest BCUT2D eigenvalue weighted by molar-refractivity contribution is 5.44. The van der Waals surface area contributed by atoms with Crippen LogP contribution in [0.1, 0.15) is 24.8 Å². The van der Waals surface area contributed by atoms with Crippen LogP contribution in [0.3, 0.4) is 0 Å². The van der Waals surface area contributed by atoms with E-state index < -0.39 is 0 Å². The van der Waals surface area contributed by atoms with E-state index in [1.54, 1.807) is 0 Å². The van der Waals surface area contributed by atoms with Crippen LogP contribution >= 0.6 is 0 Å². The summed E-state index contributed by atoms with van der Waals surface area (Å²) in [5.74, 6) is -0.118. The zero-order valence-electron chi connectivity index (χ0n) is 19.1. The molecule has 32 heavy (non-hydrogen) atoms. The van der Waals surface area contributed by atoms with E-state index in [1.165, 1.54) is 43.5 Å². The lowest BCUT2D eigenvalue weighted by Gasteiger charge is -2.47. The molecule has 0 aliphatic carbocycles. The summed E-state index contributed by atoms with van der Waals surface area (Å²) in [5.41, 5.74) is 13.7. The van der Waals surface area contributed by atoms with Gasteiger partial charge in [-0.05, 0) is 61.6 Å². The third-order valence-electron chi connectivity index (χ3n) is 7.29. The second-order valence-corrected chi connectivity index (χ2v) is 9.12. The number of nitrogens with zero attached hydrogens (tertiary/aromatic N) is 3. The van der Waals surface area contributed by atoms with Crippen molar-refractivity contribution in [3.05, 3.63) is 89.7 Å². The predicted molar refractivity (Wildman–Crippen MR) is 129 cm³/mol. The highest BCUT2D eigenvalue weighted by Gasteiger charge is 2.38. The van der Waals surface area contributed by atoms with Crippen LogP contribution in [0, 0.1) is 11.7 Å². The third-order valence-corrected chi connectivity index (χ3v) is 7.29. The van der Waals surface area contributed by atoms with Crippen molar-refractivity contribution in [3.8, 4) is 0 Å². The molecule has 5 heteroatoms. The van der Waals surface area contributed by atoms with Gasteiger partial charge in [0.15, 0.2) is 0 Å². The molecule has 4 nitrogen and oxygen atoms in total. The van der Waals surface area contributed by atoms with E-state index in [9.17, 15) is 4.39 Å². The fourth-order valence-corrected chi connectivity index (χ4v) is 5.59. The van der Waals surface area contributed by atoms with E-state index >= 15 is 0 Å². The summed E-state index contributed by atoms with van der Waals surface area (Å²) in [6, 6.07) is 7.44. The Morgan fingerprint density at radius 3 is 2.69 bits per heavy atom. The number of hydrogen-bond donors (Lipinski definition) is 1. The van der Waals surface area contributed by atoms with E-state index in [1.807, 2.05) is 24.3 Å². The number of halogens is 1. The Labute approximate surface area is 191 Å². The minimum atomic E-state index is -0.218. The first kappa shape index (κ1) is 22.8. The molecular formula is C27H35FN4. The smallest absolute Gasteiger partial charge is 0.123 e. The topological polar surface area (TPSA) is 35.7 Å². The average Bonchev–Trinajstić information content (AvgIpc) is 3.28. The van der Waals surface area contributed by atoms with Gasteiger partial charge in [-0.2, -0.15) is 0 Å². The highest BCUT2D eigenvalue weighted by Crippen LogP contribution is 2.36. The van der Waals surface area contributed by atoms with Gasteiger partial charge < -0.3 is 10.6 Å². The Morgan fingerprint density at radius 1 is 1.22 bits per heavy atom. The van der Waals surface area contributed by atoms with Crippen molar-refractivity contribution in [1.82, 2.24) is 14.7 Å². The number of nitrogens with two attached hydrogens (primary N) is 1. The summed E-state index contributed by atoms with van der Waals surface area (Å²) in [7, 11) is 2.23. The first-order valence-electron chi connectivity index (χ1n) is 11.7. The van der Waals surface area contributed by atoms with Gasteiger partial charge in [0.05, 0.1) is 18.4 Å². The minimum absolute atomic E-state index is 0.0995. The Kier molecular flexibility index (Phi) is 7.12. The first-order valence-corrected chi connectivity index (χ1v) is 11.7. The van der Waals surface area contributed by atoms with Gasteiger partial charge >= 0.3 is 0 Å². The molecule has 0 amide bonds. The maximum atomic E-state index is 13.4. The van der Waals surface area contributed by atoms with Crippen LogP contribution in [-0.4, -0.2) is 60.1 Å². The summed E-state index contributed by atoms with van der Waals surface area (Å²) in [6.07, 6.45) is 11.1. The second-order valence-electron chi connectivity index (χ2n) is 9.12. The quantitative estimate of drug-likeness (QED) is 0.657. The van der Waals surface area contributed by atoms with Gasteiger partial charge in [-0.3, -0.25) is 9.80 Å². The number of hydrogen-bond acceptors (Lipinski definition) is 4. The van der Waals surface area contributed by atoms with E-state index in [-0.39, 0.29) is 11.7 Å². The lowest BCUT2D eigenvalue weighted by molar-refractivity contribution is -0.00560. The largest absolute Gasteiger partial charge is 0.344 e. The monoisotopic (exact) mass is 434 g/mol. The van der Waals surface area contributed by atoms with Crippen LogP contribution in [-0.2, 0) is 6.42 Å². The van der Waals surface area contributed by atoms with Crippen LogP contribution in [0.2, 0.25) is 0 Å². The van der Waals surface area contributed by atoms with Crippen LogP contribution in [0.25, 0.3) is 0 Å². The van der Waals surface area contributed by atoms with Gasteiger partial charge in [0.2, 0.25) is 0 Å². The standard InChI is InChI=1S/C27H35FN4/c1-4-7-26-24(5-2)25(16-20-9-11-22(28)12-10-20)21(17-29)18-31(26)19-27-30(3)15-13-23-8-6-14-32(23)27/h5,7,9-12,18,23,25,27H,1-2,6,8,13-17,19,29H2,3H3. The molecule has 3 aliphatic heterocycles. The van der Waals surface area contributed by atoms with Crippen molar-refractivity contribution >= 4 is 0 Å². The molecule has 0 saturated carbocycles. The van der Waals surface area contributed by atoms with E-state index in [0.717, 1.165) is 36.3 Å². The summed E-state index contributed by atoms with van der Waals surface area (Å²) in [5, 5.41) is 0. The highest BCUT2D eigenvalue weighted by atomic mass is 19.1. The Balaban J connectivity index is 1.66. The molecule has 0 bridgehead atoms. The normalized spacial score (nSPS) is 26.5. The summed E-state index contributed by atoms with van der Waals surface area (Å²) < 4.78 is 13.4. The van der Waals surface area contributed by atoms with Crippen LogP contribution < -0.4 is 5.73 Å². The maximum Gasteiger partial charge on any atom is 0.123 e. The van der Waals surface area contributed by atoms with Gasteiger partial charge in [-0.25, -0.2) is 4.39 Å². The number of allylic oxidation sites excluding steroid dienone is 3. The summed E-state index contributed by atoms with van der Waals surface area (Å²) >= 11 is 0. The lowest BCUT2D eigenvalue weighted by Crippen LogP contribution is -2.58. The number of benzene rings is 1. The van der Waals surface area contributed by atoms with Gasteiger partial charge in [0.25, 0.3) is 0 Å². The molecule has 0 radical (unpaired) electrons. The summed E-state index contributed by atoms with van der Waals surface area (Å²) in [4.78, 5) is 7.47. The number of likely N-dealkylation sites (N-methyl/N-ethyl adjacent to an activating group) is 1. The molecular weight excluding hydrogens is 399 g/mol. The van der Waals surface area contributed by atoms with Gasteiger partial charge in [-0.15, -0.1) is 5.73 Å². The molecule has 3 aliphatic rings. The number of fused-ring (bicyclic) bond motifs is 1. The molecule has 1 aromatic rings. The molecule has 2 N–H and O–H groups in total. The summed E-state index contributed by atoms with van der Waals surface area (Å²) in [6.45, 7) is 11.6. The lowest BCUT2D eigenvalue weighted by atomic mass is 9.82. The van der Waals surface area contributed by atoms with Crippen LogP contribution in [0.15, 0.2) is 78.3 Å². The van der Waals surface area contributed by atoms with E-state index in [4.69, 9.17) is 5.73 Å². The van der Waals surface area contributed by atoms with Crippen molar-refractivity contribution in [2.75, 3.05) is 33.2 Å². The molecule has 2 fully saturated rings. The van der Waals surface area contributed by atoms with Crippen LogP contribution in [0.5, 0.6) is 0 Å². The fraction of sp³-hybridized carbons (Fsp3) is 0.444. The molecule has 0 aromatic heterocycles. The Morgan fingerprint density at radius 2 is 2.00 bits per heavy atom. The molecule has 3 atom stereocenters. The third kappa shape index (κ3) is 4.53. The van der Waals surface area contributed by atoms with Crippen molar-refractivity contribution in [2.45, 2.75) is 37.9 Å². The minimum Gasteiger partial charge on any atom is -0.344 e. The fourth-order valence-electron chi connectivity index (χ4n) is 5.59. The molecule has 3 unspecified atom stereocenters.